The second-order valence-electron chi connectivity index (χ2n) is 6.17. The van der Waals surface area contributed by atoms with Gasteiger partial charge in [-0.15, -0.1) is 0 Å². The van der Waals surface area contributed by atoms with Crippen LogP contribution in [0.3, 0.4) is 0 Å². The van der Waals surface area contributed by atoms with E-state index >= 15 is 0 Å². The molecule has 0 spiro atoms. The van der Waals surface area contributed by atoms with Crippen molar-refractivity contribution in [3.8, 4) is 5.95 Å². The maximum Gasteiger partial charge on any atom is 0.239 e. The molecule has 3 aromatic rings. The maximum atomic E-state index is 14.0. The number of fused-ring (bicyclic) bond motifs is 1. The molecule has 1 aliphatic heterocycles. The normalized spacial score (nSPS) is 18.0. The number of halogens is 1. The highest BCUT2D eigenvalue weighted by Gasteiger charge is 2.22. The molecule has 3 heterocycles. The average Bonchev–Trinajstić information content (AvgIpc) is 2.92. The molecular formula is C17H19FN6O. The van der Waals surface area contributed by atoms with Gasteiger partial charge in [-0.1, -0.05) is 6.07 Å². The zero-order chi connectivity index (χ0) is 17.6. The van der Waals surface area contributed by atoms with E-state index in [1.165, 1.54) is 6.07 Å². The maximum absolute atomic E-state index is 14.0. The minimum Gasteiger partial charge on any atom is -0.383 e. The Morgan fingerprint density at radius 1 is 1.28 bits per heavy atom. The van der Waals surface area contributed by atoms with Crippen LogP contribution in [0.4, 0.5) is 16.0 Å². The molecule has 25 heavy (non-hydrogen) atoms. The third kappa shape index (κ3) is 2.68. The van der Waals surface area contributed by atoms with Gasteiger partial charge in [0.15, 0.2) is 5.82 Å². The predicted octanol–water partition coefficient (Wildman–Crippen LogP) is 2.07. The van der Waals surface area contributed by atoms with E-state index in [9.17, 15) is 4.39 Å². The summed E-state index contributed by atoms with van der Waals surface area (Å²) in [5.74, 6) is 1.71. The Labute approximate surface area is 144 Å². The molecule has 7 nitrogen and oxygen atoms in total. The van der Waals surface area contributed by atoms with Crippen molar-refractivity contribution in [1.29, 1.82) is 0 Å². The SMILES string of the molecule is Cc1nc2c(F)cccc2n1-c1nc(N)cc(N2CCOCC2C)n1. The third-order valence-electron chi connectivity index (χ3n) is 4.39. The molecule has 0 aliphatic carbocycles. The highest BCUT2D eigenvalue weighted by Crippen LogP contribution is 2.25. The Hall–Kier alpha value is -2.74. The molecule has 130 valence electrons. The number of aryl methyl sites for hydroxylation is 1. The Morgan fingerprint density at radius 2 is 2.12 bits per heavy atom. The van der Waals surface area contributed by atoms with Gasteiger partial charge >= 0.3 is 0 Å². The lowest BCUT2D eigenvalue weighted by molar-refractivity contribution is 0.0985. The summed E-state index contributed by atoms with van der Waals surface area (Å²) in [4.78, 5) is 15.5. The van der Waals surface area contributed by atoms with E-state index in [0.29, 0.717) is 41.8 Å². The highest BCUT2D eigenvalue weighted by atomic mass is 19.1. The van der Waals surface area contributed by atoms with Gasteiger partial charge in [-0.2, -0.15) is 9.97 Å². The molecule has 2 N–H and O–H groups in total. The van der Waals surface area contributed by atoms with E-state index in [1.807, 2.05) is 0 Å². The van der Waals surface area contributed by atoms with Crippen LogP contribution in [0.5, 0.6) is 0 Å². The minimum absolute atomic E-state index is 0.189. The number of aromatic nitrogens is 4. The van der Waals surface area contributed by atoms with Gasteiger partial charge < -0.3 is 15.4 Å². The van der Waals surface area contributed by atoms with Crippen LogP contribution >= 0.6 is 0 Å². The Kier molecular flexibility index (Phi) is 3.76. The lowest BCUT2D eigenvalue weighted by atomic mass is 10.2. The second-order valence-corrected chi connectivity index (χ2v) is 6.17. The lowest BCUT2D eigenvalue weighted by Gasteiger charge is -2.34. The zero-order valence-electron chi connectivity index (χ0n) is 14.1. The summed E-state index contributed by atoms with van der Waals surface area (Å²) in [5.41, 5.74) is 6.94. The summed E-state index contributed by atoms with van der Waals surface area (Å²) < 4.78 is 21.2. The quantitative estimate of drug-likeness (QED) is 0.768. The topological polar surface area (TPSA) is 82.1 Å². The minimum atomic E-state index is -0.370. The summed E-state index contributed by atoms with van der Waals surface area (Å²) in [6.45, 7) is 5.88. The zero-order valence-corrected chi connectivity index (χ0v) is 14.1. The molecule has 2 aromatic heterocycles. The number of para-hydroxylation sites is 1. The van der Waals surface area contributed by atoms with Crippen molar-refractivity contribution < 1.29 is 9.13 Å². The van der Waals surface area contributed by atoms with Crippen LogP contribution in [-0.2, 0) is 4.74 Å². The van der Waals surface area contributed by atoms with E-state index in [1.54, 1.807) is 29.7 Å². The summed E-state index contributed by atoms with van der Waals surface area (Å²) in [7, 11) is 0. The number of nitrogen functional groups attached to an aromatic ring is 1. The first-order valence-electron chi connectivity index (χ1n) is 8.17. The molecular weight excluding hydrogens is 323 g/mol. The van der Waals surface area contributed by atoms with Crippen molar-refractivity contribution in [1.82, 2.24) is 19.5 Å². The summed E-state index contributed by atoms with van der Waals surface area (Å²) >= 11 is 0. The highest BCUT2D eigenvalue weighted by molar-refractivity contribution is 5.78. The molecule has 1 atom stereocenters. The van der Waals surface area contributed by atoms with Gasteiger partial charge in [0.1, 0.15) is 23.0 Å². The smallest absolute Gasteiger partial charge is 0.239 e. The van der Waals surface area contributed by atoms with Gasteiger partial charge in [-0.3, -0.25) is 4.57 Å². The van der Waals surface area contributed by atoms with Crippen molar-refractivity contribution in [2.24, 2.45) is 0 Å². The molecule has 8 heteroatoms. The molecule has 0 saturated carbocycles. The van der Waals surface area contributed by atoms with Crippen LogP contribution < -0.4 is 10.6 Å². The number of nitrogens with two attached hydrogens (primary N) is 1. The van der Waals surface area contributed by atoms with Gasteiger partial charge in [-0.05, 0) is 26.0 Å². The van der Waals surface area contributed by atoms with Crippen molar-refractivity contribution in [2.45, 2.75) is 19.9 Å². The van der Waals surface area contributed by atoms with Crippen molar-refractivity contribution in [3.63, 3.8) is 0 Å². The average molecular weight is 342 g/mol. The first-order chi connectivity index (χ1) is 12.0. The number of nitrogens with zero attached hydrogens (tertiary/aromatic N) is 5. The fourth-order valence-corrected chi connectivity index (χ4v) is 3.19. The predicted molar refractivity (Wildman–Crippen MR) is 93.4 cm³/mol. The molecule has 0 amide bonds. The Bertz CT molecular complexity index is 940. The van der Waals surface area contributed by atoms with E-state index in [2.05, 4.69) is 26.8 Å². The Balaban J connectivity index is 1.87. The number of hydrogen-bond donors (Lipinski definition) is 1. The van der Waals surface area contributed by atoms with Crippen molar-refractivity contribution >= 4 is 22.7 Å². The summed E-state index contributed by atoms with van der Waals surface area (Å²) in [6, 6.07) is 6.77. The number of rotatable bonds is 2. The van der Waals surface area contributed by atoms with E-state index in [-0.39, 0.29) is 11.9 Å². The number of benzene rings is 1. The number of anilines is 2. The molecule has 1 aromatic carbocycles. The summed E-state index contributed by atoms with van der Waals surface area (Å²) in [6.07, 6.45) is 0. The fraction of sp³-hybridized carbons (Fsp3) is 0.353. The number of imidazole rings is 1. The van der Waals surface area contributed by atoms with E-state index in [4.69, 9.17) is 10.5 Å². The van der Waals surface area contributed by atoms with Crippen molar-refractivity contribution in [2.75, 3.05) is 30.4 Å². The van der Waals surface area contributed by atoms with Crippen LogP contribution in [0, 0.1) is 12.7 Å². The van der Waals surface area contributed by atoms with Crippen LogP contribution in [-0.4, -0.2) is 45.3 Å². The number of hydrogen-bond acceptors (Lipinski definition) is 6. The molecule has 1 aliphatic rings. The third-order valence-corrected chi connectivity index (χ3v) is 4.39. The molecule has 0 bridgehead atoms. The first kappa shape index (κ1) is 15.8. The van der Waals surface area contributed by atoms with Gasteiger partial charge in [-0.25, -0.2) is 9.37 Å². The fourth-order valence-electron chi connectivity index (χ4n) is 3.19. The monoisotopic (exact) mass is 342 g/mol. The number of morpholine rings is 1. The van der Waals surface area contributed by atoms with Crippen molar-refractivity contribution in [3.05, 3.63) is 35.9 Å². The van der Waals surface area contributed by atoms with Gasteiger partial charge in [0.05, 0.1) is 24.8 Å². The first-order valence-corrected chi connectivity index (χ1v) is 8.17. The van der Waals surface area contributed by atoms with Gasteiger partial charge in [0.25, 0.3) is 0 Å². The van der Waals surface area contributed by atoms with E-state index < -0.39 is 0 Å². The lowest BCUT2D eigenvalue weighted by Crippen LogP contribution is -2.44. The van der Waals surface area contributed by atoms with E-state index in [0.717, 1.165) is 12.4 Å². The molecule has 1 saturated heterocycles. The second kappa shape index (κ2) is 5.96. The molecule has 1 unspecified atom stereocenters. The van der Waals surface area contributed by atoms with Gasteiger partial charge in [0.2, 0.25) is 5.95 Å². The summed E-state index contributed by atoms with van der Waals surface area (Å²) in [5, 5.41) is 0. The van der Waals surface area contributed by atoms with Crippen LogP contribution in [0.15, 0.2) is 24.3 Å². The Morgan fingerprint density at radius 3 is 2.92 bits per heavy atom. The van der Waals surface area contributed by atoms with Crippen LogP contribution in [0.1, 0.15) is 12.7 Å². The largest absolute Gasteiger partial charge is 0.383 e. The molecule has 4 rings (SSSR count). The molecule has 1 fully saturated rings. The number of ether oxygens (including phenoxy) is 1. The van der Waals surface area contributed by atoms with Crippen LogP contribution in [0.2, 0.25) is 0 Å². The van der Waals surface area contributed by atoms with Crippen LogP contribution in [0.25, 0.3) is 17.0 Å². The standard InChI is InChI=1S/C17H19FN6O/c1-10-9-25-7-6-23(10)15-8-14(19)21-17(22-15)24-11(2)20-16-12(18)4-3-5-13(16)24/h3-5,8,10H,6-7,9H2,1-2H3,(H2,19,21,22). The van der Waals surface area contributed by atoms with Gasteiger partial charge in [0, 0.05) is 12.6 Å². The molecule has 0 radical (unpaired) electrons.